The van der Waals surface area contributed by atoms with Crippen molar-refractivity contribution in [1.29, 1.82) is 0 Å². The Hall–Kier alpha value is -2.10. The minimum absolute atomic E-state index is 0.0432. The molecule has 0 saturated heterocycles. The first kappa shape index (κ1) is 12.4. The maximum Gasteiger partial charge on any atom is 0.251 e. The van der Waals surface area contributed by atoms with Gasteiger partial charge in [0.05, 0.1) is 12.5 Å². The second-order valence-corrected chi connectivity index (χ2v) is 4.22. The number of carbonyl (C=O) groups excluding carboxylic acids is 1. The number of carbonyl (C=O) groups is 1. The van der Waals surface area contributed by atoms with E-state index in [2.05, 4.69) is 5.32 Å². The Kier molecular flexibility index (Phi) is 3.77. The van der Waals surface area contributed by atoms with Gasteiger partial charge in [-0.3, -0.25) is 4.79 Å². The van der Waals surface area contributed by atoms with E-state index in [1.54, 1.807) is 18.6 Å². The molecule has 2 aromatic rings. The smallest absolute Gasteiger partial charge is 0.251 e. The number of halogens is 1. The van der Waals surface area contributed by atoms with Gasteiger partial charge in [-0.1, -0.05) is 6.07 Å². The molecule has 0 aliphatic carbocycles. The standard InChI is InChI=1S/C14H14FNO2/c1-10(7-11-5-6-18-9-11)16-14(17)12-3-2-4-13(15)8-12/h2-6,8-10H,7H2,1H3,(H,16,17). The van der Waals surface area contributed by atoms with E-state index in [4.69, 9.17) is 4.42 Å². The maximum absolute atomic E-state index is 13.0. The van der Waals surface area contributed by atoms with Crippen LogP contribution in [0.2, 0.25) is 0 Å². The minimum Gasteiger partial charge on any atom is -0.472 e. The first-order valence-corrected chi connectivity index (χ1v) is 5.72. The number of amides is 1. The van der Waals surface area contributed by atoms with Crippen LogP contribution in [0.4, 0.5) is 4.39 Å². The highest BCUT2D eigenvalue weighted by atomic mass is 19.1. The van der Waals surface area contributed by atoms with Gasteiger partial charge < -0.3 is 9.73 Å². The van der Waals surface area contributed by atoms with Crippen LogP contribution in [0.5, 0.6) is 0 Å². The van der Waals surface area contributed by atoms with Gasteiger partial charge in [0.15, 0.2) is 0 Å². The summed E-state index contributed by atoms with van der Waals surface area (Å²) in [4.78, 5) is 11.8. The van der Waals surface area contributed by atoms with Crippen molar-refractivity contribution in [2.45, 2.75) is 19.4 Å². The molecule has 0 aliphatic rings. The Balaban J connectivity index is 1.95. The molecule has 0 bridgehead atoms. The van der Waals surface area contributed by atoms with E-state index in [9.17, 15) is 9.18 Å². The van der Waals surface area contributed by atoms with Crippen molar-refractivity contribution < 1.29 is 13.6 Å². The summed E-state index contributed by atoms with van der Waals surface area (Å²) in [5.41, 5.74) is 1.34. The third-order valence-corrected chi connectivity index (χ3v) is 2.59. The first-order valence-electron chi connectivity index (χ1n) is 5.72. The fraction of sp³-hybridized carbons (Fsp3) is 0.214. The lowest BCUT2D eigenvalue weighted by Gasteiger charge is -2.12. The summed E-state index contributed by atoms with van der Waals surface area (Å²) in [5, 5.41) is 2.81. The van der Waals surface area contributed by atoms with E-state index >= 15 is 0 Å². The third kappa shape index (κ3) is 3.20. The Morgan fingerprint density at radius 3 is 2.94 bits per heavy atom. The lowest BCUT2D eigenvalue weighted by Crippen LogP contribution is -2.34. The summed E-state index contributed by atoms with van der Waals surface area (Å²) in [6, 6.07) is 7.45. The largest absolute Gasteiger partial charge is 0.472 e. The zero-order valence-electron chi connectivity index (χ0n) is 10.0. The molecular formula is C14H14FNO2. The second kappa shape index (κ2) is 5.49. The molecule has 18 heavy (non-hydrogen) atoms. The van der Waals surface area contributed by atoms with Gasteiger partial charge in [-0.2, -0.15) is 0 Å². The van der Waals surface area contributed by atoms with Crippen molar-refractivity contribution in [2.75, 3.05) is 0 Å². The highest BCUT2D eigenvalue weighted by Gasteiger charge is 2.11. The zero-order chi connectivity index (χ0) is 13.0. The first-order chi connectivity index (χ1) is 8.65. The highest BCUT2D eigenvalue weighted by Crippen LogP contribution is 2.06. The predicted molar refractivity (Wildman–Crippen MR) is 65.7 cm³/mol. The van der Waals surface area contributed by atoms with Crippen LogP contribution in [0.1, 0.15) is 22.8 Å². The maximum atomic E-state index is 13.0. The van der Waals surface area contributed by atoms with E-state index in [1.165, 1.54) is 18.2 Å². The van der Waals surface area contributed by atoms with Crippen LogP contribution < -0.4 is 5.32 Å². The average molecular weight is 247 g/mol. The molecule has 1 amide bonds. The van der Waals surface area contributed by atoms with Crippen LogP contribution in [0, 0.1) is 5.82 Å². The zero-order valence-corrected chi connectivity index (χ0v) is 10.0. The fourth-order valence-corrected chi connectivity index (χ4v) is 1.75. The van der Waals surface area contributed by atoms with Crippen molar-refractivity contribution in [1.82, 2.24) is 5.32 Å². The van der Waals surface area contributed by atoms with Crippen LogP contribution in [-0.4, -0.2) is 11.9 Å². The summed E-state index contributed by atoms with van der Waals surface area (Å²) in [7, 11) is 0. The molecule has 0 aliphatic heterocycles. The molecule has 0 radical (unpaired) electrons. The molecule has 0 fully saturated rings. The summed E-state index contributed by atoms with van der Waals surface area (Å²) < 4.78 is 17.9. The number of rotatable bonds is 4. The molecule has 1 aromatic heterocycles. The quantitative estimate of drug-likeness (QED) is 0.902. The lowest BCUT2D eigenvalue weighted by atomic mass is 10.1. The van der Waals surface area contributed by atoms with E-state index in [0.717, 1.165) is 5.56 Å². The van der Waals surface area contributed by atoms with Gasteiger partial charge in [0, 0.05) is 11.6 Å². The van der Waals surface area contributed by atoms with Gasteiger partial charge in [0.1, 0.15) is 5.82 Å². The summed E-state index contributed by atoms with van der Waals surface area (Å²) >= 11 is 0. The van der Waals surface area contributed by atoms with Crippen molar-refractivity contribution in [3.8, 4) is 0 Å². The SMILES string of the molecule is CC(Cc1ccoc1)NC(=O)c1cccc(F)c1. The molecule has 0 saturated carbocycles. The van der Waals surface area contributed by atoms with Gasteiger partial charge in [-0.05, 0) is 43.2 Å². The normalized spacial score (nSPS) is 12.1. The lowest BCUT2D eigenvalue weighted by molar-refractivity contribution is 0.0939. The average Bonchev–Trinajstić information content (AvgIpc) is 2.81. The van der Waals surface area contributed by atoms with E-state index in [1.807, 2.05) is 13.0 Å². The van der Waals surface area contributed by atoms with Gasteiger partial charge >= 0.3 is 0 Å². The summed E-state index contributed by atoms with van der Waals surface area (Å²) in [6.45, 7) is 1.89. The molecule has 2 rings (SSSR count). The number of benzene rings is 1. The van der Waals surface area contributed by atoms with E-state index in [0.29, 0.717) is 12.0 Å². The second-order valence-electron chi connectivity index (χ2n) is 4.22. The van der Waals surface area contributed by atoms with Crippen molar-refractivity contribution in [3.63, 3.8) is 0 Å². The Labute approximate surface area is 105 Å². The molecule has 4 heteroatoms. The molecular weight excluding hydrogens is 233 g/mol. The predicted octanol–water partition coefficient (Wildman–Crippen LogP) is 2.78. The van der Waals surface area contributed by atoms with Crippen LogP contribution in [-0.2, 0) is 6.42 Å². The Morgan fingerprint density at radius 2 is 2.28 bits per heavy atom. The number of hydrogen-bond acceptors (Lipinski definition) is 2. The van der Waals surface area contributed by atoms with Crippen LogP contribution in [0.15, 0.2) is 47.3 Å². The summed E-state index contributed by atoms with van der Waals surface area (Å²) in [6.07, 6.45) is 3.92. The van der Waals surface area contributed by atoms with Gasteiger partial charge in [0.25, 0.3) is 5.91 Å². The monoisotopic (exact) mass is 247 g/mol. The van der Waals surface area contributed by atoms with Crippen molar-refractivity contribution in [2.24, 2.45) is 0 Å². The number of nitrogens with one attached hydrogen (secondary N) is 1. The molecule has 0 spiro atoms. The Morgan fingerprint density at radius 1 is 1.44 bits per heavy atom. The molecule has 94 valence electrons. The third-order valence-electron chi connectivity index (χ3n) is 2.59. The summed E-state index contributed by atoms with van der Waals surface area (Å²) in [5.74, 6) is -0.685. The fourth-order valence-electron chi connectivity index (χ4n) is 1.75. The Bertz CT molecular complexity index is 522. The minimum atomic E-state index is -0.412. The van der Waals surface area contributed by atoms with Crippen LogP contribution >= 0.6 is 0 Å². The molecule has 1 N–H and O–H groups in total. The van der Waals surface area contributed by atoms with E-state index in [-0.39, 0.29) is 11.9 Å². The molecule has 3 nitrogen and oxygen atoms in total. The topological polar surface area (TPSA) is 42.2 Å². The van der Waals surface area contributed by atoms with Crippen LogP contribution in [0.25, 0.3) is 0 Å². The molecule has 1 atom stereocenters. The van der Waals surface area contributed by atoms with Crippen molar-refractivity contribution >= 4 is 5.91 Å². The van der Waals surface area contributed by atoms with Crippen molar-refractivity contribution in [3.05, 3.63) is 59.8 Å². The van der Waals surface area contributed by atoms with Gasteiger partial charge in [-0.25, -0.2) is 4.39 Å². The highest BCUT2D eigenvalue weighted by molar-refractivity contribution is 5.94. The van der Waals surface area contributed by atoms with Gasteiger partial charge in [0.2, 0.25) is 0 Å². The molecule has 1 heterocycles. The number of hydrogen-bond donors (Lipinski definition) is 1. The van der Waals surface area contributed by atoms with Gasteiger partial charge in [-0.15, -0.1) is 0 Å². The molecule has 1 unspecified atom stereocenters. The molecule has 1 aromatic carbocycles. The number of furan rings is 1. The van der Waals surface area contributed by atoms with Crippen LogP contribution in [0.3, 0.4) is 0 Å². The van der Waals surface area contributed by atoms with E-state index < -0.39 is 5.82 Å².